The summed E-state index contributed by atoms with van der Waals surface area (Å²) >= 11 is 0. The van der Waals surface area contributed by atoms with E-state index < -0.39 is 0 Å². The molecule has 0 aromatic rings. The maximum absolute atomic E-state index is 5.28. The second-order valence-electron chi connectivity index (χ2n) is 2.74. The Hall–Kier alpha value is -1.31. The maximum atomic E-state index is 5.28. The van der Waals surface area contributed by atoms with Crippen LogP contribution in [-0.4, -0.2) is 13.3 Å². The second-order valence-corrected chi connectivity index (χ2v) is 2.74. The molecule has 0 rings (SSSR count). The van der Waals surface area contributed by atoms with Crippen LogP contribution in [0.15, 0.2) is 41.6 Å². The summed E-state index contributed by atoms with van der Waals surface area (Å²) in [6, 6.07) is 0. The molecule has 2 N–H and O–H groups in total. The van der Waals surface area contributed by atoms with Gasteiger partial charge in [0.15, 0.2) is 0 Å². The molecule has 0 radical (unpaired) electrons. The van der Waals surface area contributed by atoms with Gasteiger partial charge < -0.3 is 5.73 Å². The Morgan fingerprint density at radius 2 is 2.31 bits per heavy atom. The van der Waals surface area contributed by atoms with Crippen LogP contribution >= 0.6 is 0 Å². The Kier molecular flexibility index (Phi) is 6.60. The molecular weight excluding hydrogens is 160 g/mol. The third kappa shape index (κ3) is 5.01. The predicted molar refractivity (Wildman–Crippen MR) is 59.8 cm³/mol. The quantitative estimate of drug-likeness (QED) is 0.509. The van der Waals surface area contributed by atoms with E-state index in [-0.39, 0.29) is 0 Å². The number of hydrogen-bond donors (Lipinski definition) is 1. The van der Waals surface area contributed by atoms with Gasteiger partial charge in [-0.3, -0.25) is 4.99 Å². The van der Waals surface area contributed by atoms with Gasteiger partial charge in [0.25, 0.3) is 0 Å². The molecule has 2 heteroatoms. The van der Waals surface area contributed by atoms with Crippen molar-refractivity contribution in [3.8, 4) is 0 Å². The van der Waals surface area contributed by atoms with Gasteiger partial charge in [-0.2, -0.15) is 0 Å². The van der Waals surface area contributed by atoms with E-state index in [0.717, 1.165) is 12.0 Å². The van der Waals surface area contributed by atoms with Crippen molar-refractivity contribution in [2.45, 2.75) is 13.3 Å². The summed E-state index contributed by atoms with van der Waals surface area (Å²) in [6.45, 7) is 6.05. The average molecular weight is 178 g/mol. The zero-order valence-electron chi connectivity index (χ0n) is 8.40. The lowest BCUT2D eigenvalue weighted by atomic mass is 9.97. The summed E-state index contributed by atoms with van der Waals surface area (Å²) in [6.07, 6.45) is 10.2. The summed E-state index contributed by atoms with van der Waals surface area (Å²) in [5.41, 5.74) is 6.32. The predicted octanol–water partition coefficient (Wildman–Crippen LogP) is 2.30. The van der Waals surface area contributed by atoms with Gasteiger partial charge in [-0.25, -0.2) is 0 Å². The molecule has 0 aromatic heterocycles. The summed E-state index contributed by atoms with van der Waals surface area (Å²) < 4.78 is 0. The van der Waals surface area contributed by atoms with Crippen molar-refractivity contribution in [2.24, 2.45) is 16.6 Å². The highest BCUT2D eigenvalue weighted by atomic mass is 14.6. The van der Waals surface area contributed by atoms with Gasteiger partial charge in [0.05, 0.1) is 0 Å². The lowest BCUT2D eigenvalue weighted by Crippen LogP contribution is -1.96. The smallest absolute Gasteiger partial charge is 0.0277 e. The van der Waals surface area contributed by atoms with E-state index in [4.69, 9.17) is 5.73 Å². The Labute approximate surface area is 80.6 Å². The summed E-state index contributed by atoms with van der Waals surface area (Å²) in [5, 5.41) is 0. The van der Waals surface area contributed by atoms with Gasteiger partial charge in [0.1, 0.15) is 0 Å². The topological polar surface area (TPSA) is 38.4 Å². The van der Waals surface area contributed by atoms with Crippen molar-refractivity contribution in [3.63, 3.8) is 0 Å². The van der Waals surface area contributed by atoms with Crippen LogP contribution in [0.25, 0.3) is 0 Å². The van der Waals surface area contributed by atoms with Gasteiger partial charge in [-0.15, -0.1) is 0 Å². The van der Waals surface area contributed by atoms with E-state index >= 15 is 0 Å². The minimum absolute atomic E-state index is 0.359. The number of nitrogens with two attached hydrogens (primary N) is 1. The van der Waals surface area contributed by atoms with Crippen LogP contribution in [-0.2, 0) is 0 Å². The van der Waals surface area contributed by atoms with Crippen molar-refractivity contribution >= 4 is 6.21 Å². The second kappa shape index (κ2) is 7.35. The monoisotopic (exact) mass is 178 g/mol. The van der Waals surface area contributed by atoms with Gasteiger partial charge in [-0.05, 0) is 30.3 Å². The van der Waals surface area contributed by atoms with E-state index in [1.54, 1.807) is 13.3 Å². The number of aliphatic imine (C=N–C) groups is 1. The average Bonchev–Trinajstić information content (AvgIpc) is 2.13. The van der Waals surface area contributed by atoms with Crippen LogP contribution in [0.5, 0.6) is 0 Å². The van der Waals surface area contributed by atoms with Gasteiger partial charge in [0, 0.05) is 19.2 Å². The first-order valence-corrected chi connectivity index (χ1v) is 4.42. The Morgan fingerprint density at radius 3 is 2.77 bits per heavy atom. The van der Waals surface area contributed by atoms with Crippen molar-refractivity contribution in [3.05, 3.63) is 36.6 Å². The van der Waals surface area contributed by atoms with Crippen LogP contribution in [0, 0.1) is 5.92 Å². The molecule has 0 aliphatic carbocycles. The zero-order valence-corrected chi connectivity index (χ0v) is 8.40. The number of rotatable bonds is 5. The highest BCUT2D eigenvalue weighted by Crippen LogP contribution is 2.15. The molecule has 2 nitrogen and oxygen atoms in total. The molecule has 0 aliphatic heterocycles. The van der Waals surface area contributed by atoms with E-state index in [1.165, 1.54) is 6.20 Å². The molecule has 0 saturated heterocycles. The maximum Gasteiger partial charge on any atom is 0.0277 e. The fourth-order valence-electron chi connectivity index (χ4n) is 1.04. The molecular formula is C11H18N2. The number of nitrogens with zero attached hydrogens (tertiary/aromatic N) is 1. The molecule has 0 amide bonds. The van der Waals surface area contributed by atoms with Gasteiger partial charge >= 0.3 is 0 Å². The third-order valence-electron chi connectivity index (χ3n) is 1.80. The lowest BCUT2D eigenvalue weighted by Gasteiger charge is -2.08. The van der Waals surface area contributed by atoms with Crippen molar-refractivity contribution < 1.29 is 0 Å². The molecule has 0 aliphatic rings. The summed E-state index contributed by atoms with van der Waals surface area (Å²) in [7, 11) is 1.75. The van der Waals surface area contributed by atoms with E-state index in [1.807, 2.05) is 12.2 Å². The van der Waals surface area contributed by atoms with Crippen molar-refractivity contribution in [2.75, 3.05) is 7.05 Å². The van der Waals surface area contributed by atoms with Crippen LogP contribution in [0.4, 0.5) is 0 Å². The first-order valence-electron chi connectivity index (χ1n) is 4.42. The normalized spacial score (nSPS) is 14.6. The molecule has 13 heavy (non-hydrogen) atoms. The Bertz CT molecular complexity index is 224. The fraction of sp³-hybridized carbons (Fsp3) is 0.364. The molecule has 1 unspecified atom stereocenters. The molecule has 0 bridgehead atoms. The molecule has 72 valence electrons. The molecule has 0 aromatic carbocycles. The van der Waals surface area contributed by atoms with E-state index in [0.29, 0.717) is 5.92 Å². The van der Waals surface area contributed by atoms with E-state index in [2.05, 4.69) is 24.6 Å². The third-order valence-corrected chi connectivity index (χ3v) is 1.80. The highest BCUT2D eigenvalue weighted by Gasteiger charge is 2.02. The van der Waals surface area contributed by atoms with Crippen LogP contribution < -0.4 is 5.73 Å². The van der Waals surface area contributed by atoms with Crippen molar-refractivity contribution in [1.29, 1.82) is 0 Å². The largest absolute Gasteiger partial charge is 0.405 e. The van der Waals surface area contributed by atoms with Crippen molar-refractivity contribution in [1.82, 2.24) is 0 Å². The zero-order chi connectivity index (χ0) is 10.1. The molecule has 0 saturated carbocycles. The first kappa shape index (κ1) is 11.7. The van der Waals surface area contributed by atoms with Crippen LogP contribution in [0.3, 0.4) is 0 Å². The molecule has 0 spiro atoms. The van der Waals surface area contributed by atoms with Crippen LogP contribution in [0.1, 0.15) is 13.3 Å². The highest BCUT2D eigenvalue weighted by molar-refractivity contribution is 5.70. The van der Waals surface area contributed by atoms with Crippen LogP contribution in [0.2, 0.25) is 0 Å². The fourth-order valence-corrected chi connectivity index (χ4v) is 1.04. The minimum Gasteiger partial charge on any atom is -0.405 e. The Morgan fingerprint density at radius 1 is 1.62 bits per heavy atom. The van der Waals surface area contributed by atoms with E-state index in [9.17, 15) is 0 Å². The standard InChI is InChI=1S/C11H18N2/c1-4-11(6-5-9-13-3)10(2)7-8-12/h5-9,11H,2,4,12H2,1,3H3/b6-5-,8-7-,13-9-. The number of allylic oxidation sites excluding steroid dienone is 4. The summed E-state index contributed by atoms with van der Waals surface area (Å²) in [5.74, 6) is 0.359. The lowest BCUT2D eigenvalue weighted by molar-refractivity contribution is 0.747. The molecule has 0 heterocycles. The SMILES string of the molecule is C=C(/C=C\N)C(/C=C\C=N/C)CC. The Balaban J connectivity index is 4.25. The van der Waals surface area contributed by atoms with Gasteiger partial charge in [0.2, 0.25) is 0 Å². The summed E-state index contributed by atoms with van der Waals surface area (Å²) in [4.78, 5) is 3.86. The van der Waals surface area contributed by atoms with Gasteiger partial charge in [-0.1, -0.05) is 19.6 Å². The molecule has 1 atom stereocenters. The minimum atomic E-state index is 0.359. The molecule has 0 fully saturated rings. The first-order chi connectivity index (χ1) is 6.26. The number of hydrogen-bond acceptors (Lipinski definition) is 2.